The van der Waals surface area contributed by atoms with Crippen LogP contribution >= 0.6 is 11.6 Å². The third-order valence-electron chi connectivity index (χ3n) is 4.26. The van der Waals surface area contributed by atoms with E-state index < -0.39 is 25.9 Å². The predicted molar refractivity (Wildman–Crippen MR) is 96.9 cm³/mol. The molecule has 1 aliphatic heterocycles. The lowest BCUT2D eigenvalue weighted by molar-refractivity contribution is 0.408. The fourth-order valence-electron chi connectivity index (χ4n) is 3.05. The van der Waals surface area contributed by atoms with Crippen molar-refractivity contribution in [3.63, 3.8) is 0 Å². The van der Waals surface area contributed by atoms with Crippen LogP contribution < -0.4 is 0 Å². The molecule has 2 aromatic carbocycles. The Morgan fingerprint density at radius 2 is 1.60 bits per heavy atom. The van der Waals surface area contributed by atoms with Crippen LogP contribution in [-0.2, 0) is 19.9 Å². The fourth-order valence-corrected chi connectivity index (χ4v) is 6.95. The van der Waals surface area contributed by atoms with Gasteiger partial charge in [0.15, 0.2) is 9.84 Å². The van der Waals surface area contributed by atoms with Gasteiger partial charge >= 0.3 is 0 Å². The number of hydrogen-bond donors (Lipinski definition) is 0. The number of halogens is 1. The first-order valence-corrected chi connectivity index (χ1v) is 11.3. The molecule has 1 unspecified atom stereocenters. The summed E-state index contributed by atoms with van der Waals surface area (Å²) >= 11 is 6.04. The van der Waals surface area contributed by atoms with E-state index in [4.69, 9.17) is 11.6 Å². The maximum Gasteiger partial charge on any atom is 0.244 e. The van der Waals surface area contributed by atoms with Gasteiger partial charge in [0.1, 0.15) is 4.90 Å². The van der Waals surface area contributed by atoms with E-state index in [0.717, 1.165) is 0 Å². The zero-order valence-corrected chi connectivity index (χ0v) is 15.8. The second-order valence-electron chi connectivity index (χ2n) is 5.94. The highest BCUT2D eigenvalue weighted by atomic mass is 35.5. The molecule has 0 N–H and O–H groups in total. The Labute approximate surface area is 153 Å². The smallest absolute Gasteiger partial charge is 0.224 e. The van der Waals surface area contributed by atoms with Gasteiger partial charge in [-0.2, -0.15) is 4.31 Å². The van der Waals surface area contributed by atoms with Gasteiger partial charge in [-0.05, 0) is 37.1 Å². The molecule has 8 heteroatoms. The lowest BCUT2D eigenvalue weighted by Gasteiger charge is -2.24. The van der Waals surface area contributed by atoms with Gasteiger partial charge in [0.25, 0.3) is 0 Å². The highest BCUT2D eigenvalue weighted by molar-refractivity contribution is 7.91. The van der Waals surface area contributed by atoms with Gasteiger partial charge in [-0.15, -0.1) is 0 Å². The molecule has 134 valence electrons. The number of nitrogens with zero attached hydrogens (tertiary/aromatic N) is 1. The first-order valence-electron chi connectivity index (χ1n) is 7.86. The number of hydrogen-bond acceptors (Lipinski definition) is 4. The molecule has 0 aliphatic carbocycles. The lowest BCUT2D eigenvalue weighted by atomic mass is 10.3. The molecule has 5 nitrogen and oxygen atoms in total. The van der Waals surface area contributed by atoms with Gasteiger partial charge in [0, 0.05) is 12.6 Å². The summed E-state index contributed by atoms with van der Waals surface area (Å²) in [6, 6.07) is 13.7. The van der Waals surface area contributed by atoms with Crippen LogP contribution in [0.3, 0.4) is 0 Å². The molecule has 25 heavy (non-hydrogen) atoms. The Kier molecular flexibility index (Phi) is 5.20. The summed E-state index contributed by atoms with van der Waals surface area (Å²) in [7, 11) is -7.40. The van der Waals surface area contributed by atoms with E-state index in [1.807, 2.05) is 0 Å². The van der Waals surface area contributed by atoms with Gasteiger partial charge in [0.05, 0.1) is 15.7 Å². The minimum atomic E-state index is -3.84. The van der Waals surface area contributed by atoms with E-state index in [1.165, 1.54) is 28.6 Å². The van der Waals surface area contributed by atoms with Crippen LogP contribution in [-0.4, -0.2) is 39.5 Å². The highest BCUT2D eigenvalue weighted by Gasteiger charge is 2.38. The molecule has 1 atom stereocenters. The second-order valence-corrected chi connectivity index (χ2v) is 10.2. The van der Waals surface area contributed by atoms with Crippen molar-refractivity contribution in [1.29, 1.82) is 0 Å². The average Bonchev–Trinajstić information content (AvgIpc) is 3.04. The summed E-state index contributed by atoms with van der Waals surface area (Å²) < 4.78 is 52.4. The largest absolute Gasteiger partial charge is 0.244 e. The monoisotopic (exact) mass is 399 g/mol. The van der Waals surface area contributed by atoms with Crippen molar-refractivity contribution >= 4 is 31.5 Å². The Morgan fingerprint density at radius 1 is 0.960 bits per heavy atom. The topological polar surface area (TPSA) is 71.5 Å². The highest BCUT2D eigenvalue weighted by Crippen LogP contribution is 2.31. The van der Waals surface area contributed by atoms with Crippen molar-refractivity contribution in [3.05, 3.63) is 59.6 Å². The van der Waals surface area contributed by atoms with Gasteiger partial charge in [0.2, 0.25) is 10.0 Å². The molecule has 0 radical (unpaired) electrons. The molecule has 0 spiro atoms. The number of sulfonamides is 1. The summed E-state index contributed by atoms with van der Waals surface area (Å²) in [4.78, 5) is 0.220. The van der Waals surface area contributed by atoms with Crippen LogP contribution in [0.5, 0.6) is 0 Å². The Balaban J connectivity index is 1.90. The summed E-state index contributed by atoms with van der Waals surface area (Å²) in [5, 5.41) is 0.138. The van der Waals surface area contributed by atoms with Crippen molar-refractivity contribution < 1.29 is 16.8 Å². The molecule has 1 heterocycles. The third-order valence-corrected chi connectivity index (χ3v) is 8.53. The summed E-state index contributed by atoms with van der Waals surface area (Å²) in [5.41, 5.74) is 0. The maximum absolute atomic E-state index is 12.9. The maximum atomic E-state index is 12.9. The van der Waals surface area contributed by atoms with E-state index >= 15 is 0 Å². The van der Waals surface area contributed by atoms with E-state index in [0.29, 0.717) is 19.4 Å². The van der Waals surface area contributed by atoms with E-state index in [2.05, 4.69) is 0 Å². The van der Waals surface area contributed by atoms with Gasteiger partial charge in [-0.25, -0.2) is 16.8 Å². The van der Waals surface area contributed by atoms with Gasteiger partial charge in [-0.3, -0.25) is 0 Å². The van der Waals surface area contributed by atoms with Crippen LogP contribution in [0.1, 0.15) is 12.8 Å². The summed E-state index contributed by atoms with van der Waals surface area (Å²) in [6.07, 6.45) is 1.13. The number of sulfone groups is 1. The Morgan fingerprint density at radius 3 is 2.28 bits per heavy atom. The minimum Gasteiger partial charge on any atom is -0.224 e. The molecule has 3 rings (SSSR count). The molecule has 0 saturated carbocycles. The zero-order valence-electron chi connectivity index (χ0n) is 13.4. The Bertz CT molecular complexity index is 959. The average molecular weight is 400 g/mol. The molecule has 1 saturated heterocycles. The minimum absolute atomic E-state index is 0.0145. The first-order chi connectivity index (χ1) is 11.8. The standard InChI is InChI=1S/C17H18ClNO4S2/c18-16-10-4-5-11-17(16)25(22,23)19-12-6-7-14(19)13-24(20,21)15-8-2-1-3-9-15/h1-5,8-11,14H,6-7,12-13H2. The molecule has 0 amide bonds. The first kappa shape index (κ1) is 18.4. The van der Waals surface area contributed by atoms with Crippen LogP contribution in [0.2, 0.25) is 5.02 Å². The van der Waals surface area contributed by atoms with Crippen LogP contribution in [0, 0.1) is 0 Å². The molecule has 1 aliphatic rings. The van der Waals surface area contributed by atoms with Crippen molar-refractivity contribution in [1.82, 2.24) is 4.31 Å². The van der Waals surface area contributed by atoms with Crippen LogP contribution in [0.25, 0.3) is 0 Å². The van der Waals surface area contributed by atoms with E-state index in [-0.39, 0.29) is 20.6 Å². The van der Waals surface area contributed by atoms with E-state index in [9.17, 15) is 16.8 Å². The second kappa shape index (κ2) is 7.07. The van der Waals surface area contributed by atoms with E-state index in [1.54, 1.807) is 30.3 Å². The number of benzene rings is 2. The summed E-state index contributed by atoms with van der Waals surface area (Å²) in [6.45, 7) is 0.294. The summed E-state index contributed by atoms with van der Waals surface area (Å²) in [5.74, 6) is -0.235. The van der Waals surface area contributed by atoms with Crippen LogP contribution in [0.4, 0.5) is 0 Å². The Hall–Kier alpha value is -1.41. The SMILES string of the molecule is O=S(=O)(CC1CCCN1S(=O)(=O)c1ccccc1Cl)c1ccccc1. The third kappa shape index (κ3) is 3.74. The van der Waals surface area contributed by atoms with Crippen molar-refractivity contribution in [2.75, 3.05) is 12.3 Å². The van der Waals surface area contributed by atoms with Gasteiger partial charge in [-0.1, -0.05) is 41.9 Å². The molecular formula is C17H18ClNO4S2. The molecule has 2 aromatic rings. The number of rotatable bonds is 5. The zero-order chi connectivity index (χ0) is 18.1. The normalized spacial score (nSPS) is 19.2. The van der Waals surface area contributed by atoms with Crippen LogP contribution in [0.15, 0.2) is 64.4 Å². The van der Waals surface area contributed by atoms with Crippen molar-refractivity contribution in [2.24, 2.45) is 0 Å². The van der Waals surface area contributed by atoms with Crippen molar-refractivity contribution in [2.45, 2.75) is 28.7 Å². The fraction of sp³-hybridized carbons (Fsp3) is 0.294. The predicted octanol–water partition coefficient (Wildman–Crippen LogP) is 2.97. The van der Waals surface area contributed by atoms with Crippen molar-refractivity contribution in [3.8, 4) is 0 Å². The molecular weight excluding hydrogens is 382 g/mol. The lowest BCUT2D eigenvalue weighted by Crippen LogP contribution is -2.39. The quantitative estimate of drug-likeness (QED) is 0.774. The molecule has 0 aromatic heterocycles. The van der Waals surface area contributed by atoms with Gasteiger partial charge < -0.3 is 0 Å². The molecule has 1 fully saturated rings. The molecule has 0 bridgehead atoms.